The highest BCUT2D eigenvalue weighted by molar-refractivity contribution is 5.96. The third kappa shape index (κ3) is 8.98. The van der Waals surface area contributed by atoms with Crippen molar-refractivity contribution in [1.29, 1.82) is 0 Å². The van der Waals surface area contributed by atoms with Crippen molar-refractivity contribution in [2.45, 2.75) is 40.5 Å². The molecule has 0 aliphatic carbocycles. The first-order valence-electron chi connectivity index (χ1n) is 11.9. The third-order valence-corrected chi connectivity index (χ3v) is 5.46. The van der Waals surface area contributed by atoms with E-state index in [9.17, 15) is 19.6 Å². The summed E-state index contributed by atoms with van der Waals surface area (Å²) in [5, 5.41) is 10.7. The normalized spacial score (nSPS) is 13.0. The maximum absolute atomic E-state index is 13.5. The minimum atomic E-state index is -0.820. The summed E-state index contributed by atoms with van der Waals surface area (Å²) in [5.41, 5.74) is 5.84. The molecule has 8 heteroatoms. The maximum atomic E-state index is 13.5. The molecule has 0 spiro atoms. The lowest BCUT2D eigenvalue weighted by atomic mass is 9.82. The molecule has 0 fully saturated rings. The first-order chi connectivity index (χ1) is 16.7. The van der Waals surface area contributed by atoms with E-state index in [1.165, 1.54) is 17.4 Å². The van der Waals surface area contributed by atoms with E-state index in [4.69, 9.17) is 0 Å². The molecule has 0 unspecified atom stereocenters. The Balaban J connectivity index is 2.29. The van der Waals surface area contributed by atoms with E-state index >= 15 is 0 Å². The van der Waals surface area contributed by atoms with Gasteiger partial charge in [0, 0.05) is 24.5 Å². The molecule has 3 amide bonds. The van der Waals surface area contributed by atoms with Crippen molar-refractivity contribution in [2.24, 2.45) is 23.7 Å². The van der Waals surface area contributed by atoms with Crippen LogP contribution in [0.3, 0.4) is 0 Å². The van der Waals surface area contributed by atoms with Gasteiger partial charge in [0.15, 0.2) is 0 Å². The van der Waals surface area contributed by atoms with Gasteiger partial charge in [-0.05, 0) is 42.4 Å². The molecule has 0 aliphatic rings. The van der Waals surface area contributed by atoms with Gasteiger partial charge in [-0.25, -0.2) is 10.5 Å². The van der Waals surface area contributed by atoms with Crippen molar-refractivity contribution in [1.82, 2.24) is 20.9 Å². The first-order valence-corrected chi connectivity index (χ1v) is 11.9. The largest absolute Gasteiger partial charge is 0.289 e. The highest BCUT2D eigenvalue weighted by Gasteiger charge is 2.35. The number of aromatic nitrogens is 1. The number of hydroxylamine groups is 1. The molecule has 0 aliphatic heterocycles. The number of allylic oxidation sites excluding steroid dienone is 1. The number of amides is 3. The second-order valence-electron chi connectivity index (χ2n) is 9.39. The second kappa shape index (κ2) is 14.0. The van der Waals surface area contributed by atoms with Crippen LogP contribution in [-0.4, -0.2) is 39.5 Å². The van der Waals surface area contributed by atoms with Gasteiger partial charge in [0.25, 0.3) is 5.91 Å². The predicted molar refractivity (Wildman–Crippen MR) is 135 cm³/mol. The van der Waals surface area contributed by atoms with Crippen molar-refractivity contribution in [3.8, 4) is 0 Å². The molecular weight excluding hydrogens is 444 g/mol. The molecule has 3 N–H and O–H groups in total. The summed E-state index contributed by atoms with van der Waals surface area (Å²) >= 11 is 0. The average molecular weight is 481 g/mol. The number of rotatable bonds is 11. The van der Waals surface area contributed by atoms with Gasteiger partial charge in [-0.1, -0.05) is 70.2 Å². The van der Waals surface area contributed by atoms with Crippen LogP contribution >= 0.6 is 0 Å². The number of pyridine rings is 1. The van der Waals surface area contributed by atoms with Crippen LogP contribution in [0, 0.1) is 23.7 Å². The third-order valence-electron chi connectivity index (χ3n) is 5.46. The van der Waals surface area contributed by atoms with E-state index in [2.05, 4.69) is 10.4 Å². The highest BCUT2D eigenvalue weighted by atomic mass is 16.5. The standard InChI is InChI=1S/C27H36N4O4/c1-19(2)17-24(23(26(33)30-35)12-8-11-21-9-6-5-7-10-21)25(32)29-31(18-20(3)4)27(34)22-13-15-28-16-14-22/h5-11,13-16,19-20,23-24,35H,12,17-18H2,1-4H3,(H,29,32)(H,30,33)/b11-8+/t23-,24+/m0/s1. The van der Waals surface area contributed by atoms with Gasteiger partial charge in [-0.15, -0.1) is 0 Å². The Morgan fingerprint density at radius 2 is 1.60 bits per heavy atom. The Morgan fingerprint density at radius 1 is 0.943 bits per heavy atom. The molecule has 1 heterocycles. The number of nitrogens with one attached hydrogen (secondary N) is 2. The molecular formula is C27H36N4O4. The van der Waals surface area contributed by atoms with Crippen molar-refractivity contribution < 1.29 is 19.6 Å². The lowest BCUT2D eigenvalue weighted by Gasteiger charge is -2.30. The van der Waals surface area contributed by atoms with Gasteiger partial charge in [0.2, 0.25) is 11.8 Å². The van der Waals surface area contributed by atoms with Crippen molar-refractivity contribution >= 4 is 23.8 Å². The summed E-state index contributed by atoms with van der Waals surface area (Å²) in [4.78, 5) is 43.2. The number of hydrazine groups is 1. The molecule has 35 heavy (non-hydrogen) atoms. The molecule has 1 aromatic carbocycles. The van der Waals surface area contributed by atoms with Crippen LogP contribution in [-0.2, 0) is 9.59 Å². The molecule has 8 nitrogen and oxygen atoms in total. The second-order valence-corrected chi connectivity index (χ2v) is 9.39. The molecule has 188 valence electrons. The minimum Gasteiger partial charge on any atom is -0.289 e. The summed E-state index contributed by atoms with van der Waals surface area (Å²) in [6.45, 7) is 8.11. The van der Waals surface area contributed by atoms with Crippen LogP contribution in [0.4, 0.5) is 0 Å². The summed E-state index contributed by atoms with van der Waals surface area (Å²) < 4.78 is 0. The smallest absolute Gasteiger partial charge is 0.272 e. The van der Waals surface area contributed by atoms with Crippen molar-refractivity contribution in [3.63, 3.8) is 0 Å². The van der Waals surface area contributed by atoms with Crippen LogP contribution < -0.4 is 10.9 Å². The Labute approximate surface area is 207 Å². The molecule has 0 saturated carbocycles. The predicted octanol–water partition coefficient (Wildman–Crippen LogP) is 4.10. The summed E-state index contributed by atoms with van der Waals surface area (Å²) in [7, 11) is 0. The van der Waals surface area contributed by atoms with E-state index in [1.807, 2.05) is 70.2 Å². The molecule has 2 rings (SSSR count). The first kappa shape index (κ1) is 27.7. The van der Waals surface area contributed by atoms with Gasteiger partial charge >= 0.3 is 0 Å². The average Bonchev–Trinajstić information content (AvgIpc) is 2.85. The Morgan fingerprint density at radius 3 is 2.17 bits per heavy atom. The Kier molecular flexibility index (Phi) is 11.1. The highest BCUT2D eigenvalue weighted by Crippen LogP contribution is 2.26. The Bertz CT molecular complexity index is 977. The van der Waals surface area contributed by atoms with Gasteiger partial charge < -0.3 is 0 Å². The number of hydrogen-bond acceptors (Lipinski definition) is 5. The monoisotopic (exact) mass is 480 g/mol. The van der Waals surface area contributed by atoms with Crippen LogP contribution in [0.25, 0.3) is 6.08 Å². The van der Waals surface area contributed by atoms with Gasteiger partial charge in [-0.2, -0.15) is 0 Å². The van der Waals surface area contributed by atoms with Crippen LogP contribution in [0.5, 0.6) is 0 Å². The number of carbonyl (C=O) groups is 3. The SMILES string of the molecule is CC(C)C[C@@H](C(=O)NN(CC(C)C)C(=O)c1ccncc1)[C@H](C/C=C/c1ccccc1)C(=O)NO. The zero-order valence-corrected chi connectivity index (χ0v) is 20.8. The van der Waals surface area contributed by atoms with Crippen molar-refractivity contribution in [2.75, 3.05) is 6.54 Å². The number of nitrogens with zero attached hydrogens (tertiary/aromatic N) is 2. The molecule has 0 bridgehead atoms. The van der Waals surface area contributed by atoms with E-state index in [0.717, 1.165) is 5.56 Å². The van der Waals surface area contributed by atoms with E-state index in [-0.39, 0.29) is 24.2 Å². The minimum absolute atomic E-state index is 0.0926. The zero-order chi connectivity index (χ0) is 25.8. The van der Waals surface area contributed by atoms with Gasteiger partial charge in [-0.3, -0.25) is 30.0 Å². The number of carbonyl (C=O) groups excluding carboxylic acids is 3. The Hall–Kier alpha value is -3.52. The van der Waals surface area contributed by atoms with E-state index in [0.29, 0.717) is 18.5 Å². The molecule has 1 aromatic heterocycles. The maximum Gasteiger partial charge on any atom is 0.272 e. The van der Waals surface area contributed by atoms with Crippen molar-refractivity contribution in [3.05, 3.63) is 72.1 Å². The number of hydrogen-bond donors (Lipinski definition) is 3. The lowest BCUT2D eigenvalue weighted by Crippen LogP contribution is -2.52. The molecule has 0 saturated heterocycles. The summed E-state index contributed by atoms with van der Waals surface area (Å²) in [6, 6.07) is 12.8. The van der Waals surface area contributed by atoms with Gasteiger partial charge in [0.05, 0.1) is 11.8 Å². The quantitative estimate of drug-likeness (QED) is 0.331. The van der Waals surface area contributed by atoms with Crippen LogP contribution in [0.2, 0.25) is 0 Å². The van der Waals surface area contributed by atoms with Crippen LogP contribution in [0.1, 0.15) is 56.5 Å². The summed E-state index contributed by atoms with van der Waals surface area (Å²) in [5.74, 6) is -2.82. The lowest BCUT2D eigenvalue weighted by molar-refractivity contribution is -0.142. The zero-order valence-electron chi connectivity index (χ0n) is 20.8. The topological polar surface area (TPSA) is 112 Å². The van der Waals surface area contributed by atoms with E-state index < -0.39 is 23.7 Å². The van der Waals surface area contributed by atoms with E-state index in [1.54, 1.807) is 17.6 Å². The molecule has 0 radical (unpaired) electrons. The van der Waals surface area contributed by atoms with Crippen LogP contribution in [0.15, 0.2) is 60.9 Å². The fraction of sp³-hybridized carbons (Fsp3) is 0.407. The fourth-order valence-corrected chi connectivity index (χ4v) is 3.82. The summed E-state index contributed by atoms with van der Waals surface area (Å²) in [6.07, 6.45) is 7.39. The molecule has 2 aromatic rings. The molecule has 2 atom stereocenters. The number of benzene rings is 1. The fourth-order valence-electron chi connectivity index (χ4n) is 3.82. The van der Waals surface area contributed by atoms with Gasteiger partial charge in [0.1, 0.15) is 0 Å².